The normalized spacial score (nSPS) is 12.6. The molecule has 1 unspecified atom stereocenters. The smallest absolute Gasteiger partial charge is 0.287 e. The Bertz CT molecular complexity index is 331. The van der Waals surface area contributed by atoms with Crippen molar-refractivity contribution in [1.82, 2.24) is 0 Å². The largest absolute Gasteiger partial charge is 0.476 e. The predicted octanol–water partition coefficient (Wildman–Crippen LogP) is 3.63. The fraction of sp³-hybridized carbons (Fsp3) is 0.714. The third-order valence-electron chi connectivity index (χ3n) is 2.62. The number of unbranched alkanes of at least 4 members (excludes halogenated alkanes) is 1. The molecule has 19 heavy (non-hydrogen) atoms. The number of phosphoric ester groups is 1. The molecule has 1 atom stereocenters. The average molecular weight is 286 g/mol. The van der Waals surface area contributed by atoms with Crippen molar-refractivity contribution in [3.63, 3.8) is 0 Å². The summed E-state index contributed by atoms with van der Waals surface area (Å²) >= 11 is 0. The molecule has 0 bridgehead atoms. The summed E-state index contributed by atoms with van der Waals surface area (Å²) in [5, 5.41) is 0. The molecule has 4 nitrogen and oxygen atoms in total. The Labute approximate surface area is 116 Å². The highest BCUT2D eigenvalue weighted by molar-refractivity contribution is 7.48. The molecule has 0 radical (unpaired) electrons. The van der Waals surface area contributed by atoms with Crippen molar-refractivity contribution in [3.8, 4) is 24.7 Å². The summed E-state index contributed by atoms with van der Waals surface area (Å²) in [5.74, 6) is 4.79. The van der Waals surface area contributed by atoms with Crippen molar-refractivity contribution in [3.05, 3.63) is 0 Å². The van der Waals surface area contributed by atoms with Gasteiger partial charge in [-0.3, -0.25) is 13.6 Å². The standard InChI is InChI=1S/C14H23O4P/c1-5-9-10-14(8-4)13-18-19(15,16-11-6-2)17-12-7-3/h2-3,14H,5,8-13H2,1,4H3. The number of hydrogen-bond donors (Lipinski definition) is 0. The molecule has 0 aliphatic rings. The van der Waals surface area contributed by atoms with Gasteiger partial charge in [0.1, 0.15) is 13.2 Å². The van der Waals surface area contributed by atoms with E-state index in [0.717, 1.165) is 25.7 Å². The van der Waals surface area contributed by atoms with Crippen LogP contribution in [0, 0.1) is 30.6 Å². The van der Waals surface area contributed by atoms with Gasteiger partial charge in [-0.1, -0.05) is 45.0 Å². The van der Waals surface area contributed by atoms with Crippen molar-refractivity contribution in [1.29, 1.82) is 0 Å². The lowest BCUT2D eigenvalue weighted by molar-refractivity contribution is 0.114. The zero-order chi connectivity index (χ0) is 14.6. The van der Waals surface area contributed by atoms with Crippen LogP contribution in [0.25, 0.3) is 0 Å². The summed E-state index contributed by atoms with van der Waals surface area (Å²) in [5.41, 5.74) is 0. The van der Waals surface area contributed by atoms with Crippen molar-refractivity contribution in [2.24, 2.45) is 5.92 Å². The maximum absolute atomic E-state index is 12.2. The average Bonchev–Trinajstić information content (AvgIpc) is 2.43. The molecule has 0 spiro atoms. The van der Waals surface area contributed by atoms with E-state index in [1.165, 1.54) is 0 Å². The Morgan fingerprint density at radius 2 is 1.68 bits per heavy atom. The number of terminal acetylenes is 2. The van der Waals surface area contributed by atoms with Gasteiger partial charge in [-0.15, -0.1) is 12.8 Å². The minimum atomic E-state index is -3.64. The van der Waals surface area contributed by atoms with Crippen molar-refractivity contribution < 1.29 is 18.1 Å². The first-order valence-corrected chi connectivity index (χ1v) is 7.98. The van der Waals surface area contributed by atoms with Crippen LogP contribution in [0.3, 0.4) is 0 Å². The second-order valence-corrected chi connectivity index (χ2v) is 5.78. The molecule has 0 fully saturated rings. The van der Waals surface area contributed by atoms with E-state index in [9.17, 15) is 4.57 Å². The van der Waals surface area contributed by atoms with Gasteiger partial charge in [0.05, 0.1) is 6.61 Å². The first-order chi connectivity index (χ1) is 9.11. The highest BCUT2D eigenvalue weighted by atomic mass is 31.2. The summed E-state index contributed by atoms with van der Waals surface area (Å²) in [6.45, 7) is 4.26. The van der Waals surface area contributed by atoms with Gasteiger partial charge in [0.25, 0.3) is 0 Å². The van der Waals surface area contributed by atoms with Gasteiger partial charge in [-0.25, -0.2) is 4.57 Å². The van der Waals surface area contributed by atoms with E-state index in [2.05, 4.69) is 25.7 Å². The highest BCUT2D eigenvalue weighted by Crippen LogP contribution is 2.49. The van der Waals surface area contributed by atoms with Gasteiger partial charge in [-0.2, -0.15) is 0 Å². The van der Waals surface area contributed by atoms with Gasteiger partial charge in [-0.05, 0) is 12.3 Å². The van der Waals surface area contributed by atoms with Crippen LogP contribution in [0.5, 0.6) is 0 Å². The van der Waals surface area contributed by atoms with Gasteiger partial charge in [0.15, 0.2) is 0 Å². The highest BCUT2D eigenvalue weighted by Gasteiger charge is 2.27. The van der Waals surface area contributed by atoms with Gasteiger partial charge in [0, 0.05) is 0 Å². The van der Waals surface area contributed by atoms with Crippen LogP contribution in [0.15, 0.2) is 0 Å². The maximum atomic E-state index is 12.2. The zero-order valence-electron chi connectivity index (χ0n) is 11.8. The van der Waals surface area contributed by atoms with Gasteiger partial charge >= 0.3 is 7.82 Å². The molecule has 0 saturated carbocycles. The Balaban J connectivity index is 4.34. The van der Waals surface area contributed by atoms with Crippen LogP contribution in [0.2, 0.25) is 0 Å². The van der Waals surface area contributed by atoms with E-state index < -0.39 is 7.82 Å². The molecule has 0 saturated heterocycles. The maximum Gasteiger partial charge on any atom is 0.476 e. The lowest BCUT2D eigenvalue weighted by Gasteiger charge is -2.19. The van der Waals surface area contributed by atoms with Crippen molar-refractivity contribution in [2.75, 3.05) is 19.8 Å². The number of phosphoric acid groups is 1. The first-order valence-electron chi connectivity index (χ1n) is 6.52. The summed E-state index contributed by atoms with van der Waals surface area (Å²) < 4.78 is 27.4. The monoisotopic (exact) mass is 286 g/mol. The molecule has 0 aliphatic heterocycles. The minimum Gasteiger partial charge on any atom is -0.287 e. The third-order valence-corrected chi connectivity index (χ3v) is 3.98. The molecule has 0 heterocycles. The molecule has 5 heteroatoms. The van der Waals surface area contributed by atoms with E-state index in [1.54, 1.807) is 0 Å². The molecule has 0 aromatic carbocycles. The van der Waals surface area contributed by atoms with Crippen LogP contribution < -0.4 is 0 Å². The molecule has 0 aromatic heterocycles. The van der Waals surface area contributed by atoms with E-state index >= 15 is 0 Å². The minimum absolute atomic E-state index is 0.131. The Kier molecular flexibility index (Phi) is 10.6. The molecule has 0 N–H and O–H groups in total. The third kappa shape index (κ3) is 8.87. The number of rotatable bonds is 11. The topological polar surface area (TPSA) is 44.8 Å². The first kappa shape index (κ1) is 18.2. The number of hydrogen-bond acceptors (Lipinski definition) is 4. The SMILES string of the molecule is C#CCOP(=O)(OCC#C)OCC(CC)CCCC. The van der Waals surface area contributed by atoms with E-state index in [4.69, 9.17) is 26.4 Å². The molecular weight excluding hydrogens is 263 g/mol. The molecular formula is C14H23O4P. The van der Waals surface area contributed by atoms with Gasteiger partial charge < -0.3 is 0 Å². The summed E-state index contributed by atoms with van der Waals surface area (Å²) in [4.78, 5) is 0. The van der Waals surface area contributed by atoms with Gasteiger partial charge in [0.2, 0.25) is 0 Å². The molecule has 0 aliphatic carbocycles. The Hall–Kier alpha value is -0.770. The molecule has 108 valence electrons. The molecule has 0 aromatic rings. The summed E-state index contributed by atoms with van der Waals surface area (Å²) in [7, 11) is -3.64. The lowest BCUT2D eigenvalue weighted by atomic mass is 10.0. The van der Waals surface area contributed by atoms with E-state index in [-0.39, 0.29) is 13.2 Å². The van der Waals surface area contributed by atoms with Crippen LogP contribution in [-0.2, 0) is 18.1 Å². The predicted molar refractivity (Wildman–Crippen MR) is 76.4 cm³/mol. The summed E-state index contributed by atoms with van der Waals surface area (Å²) in [6.07, 6.45) is 14.3. The molecule has 0 rings (SSSR count). The quantitative estimate of drug-likeness (QED) is 0.430. The van der Waals surface area contributed by atoms with Crippen molar-refractivity contribution >= 4 is 7.82 Å². The van der Waals surface area contributed by atoms with Crippen LogP contribution >= 0.6 is 7.82 Å². The van der Waals surface area contributed by atoms with E-state index in [0.29, 0.717) is 12.5 Å². The van der Waals surface area contributed by atoms with Crippen LogP contribution in [0.4, 0.5) is 0 Å². The Morgan fingerprint density at radius 1 is 1.11 bits per heavy atom. The summed E-state index contributed by atoms with van der Waals surface area (Å²) in [6, 6.07) is 0. The Morgan fingerprint density at radius 3 is 2.11 bits per heavy atom. The second-order valence-electron chi connectivity index (χ2n) is 4.11. The second kappa shape index (κ2) is 11.1. The van der Waals surface area contributed by atoms with E-state index in [1.807, 2.05) is 0 Å². The van der Waals surface area contributed by atoms with Crippen LogP contribution in [0.1, 0.15) is 39.5 Å². The fourth-order valence-corrected chi connectivity index (χ4v) is 2.52. The van der Waals surface area contributed by atoms with Crippen molar-refractivity contribution in [2.45, 2.75) is 39.5 Å². The van der Waals surface area contributed by atoms with Crippen LogP contribution in [-0.4, -0.2) is 19.8 Å². The molecule has 0 amide bonds. The lowest BCUT2D eigenvalue weighted by Crippen LogP contribution is -2.10. The fourth-order valence-electron chi connectivity index (χ4n) is 1.44. The zero-order valence-corrected chi connectivity index (χ0v) is 12.7.